The van der Waals surface area contributed by atoms with Crippen LogP contribution in [-0.4, -0.2) is 22.7 Å². The van der Waals surface area contributed by atoms with Crippen LogP contribution in [0.5, 0.6) is 5.75 Å². The Morgan fingerprint density at radius 2 is 1.76 bits per heavy atom. The maximum atomic E-state index is 11.7. The number of phenols is 1. The van der Waals surface area contributed by atoms with Crippen LogP contribution < -0.4 is 10.9 Å². The van der Waals surface area contributed by atoms with Crippen LogP contribution in [0, 0.1) is 0 Å². The van der Waals surface area contributed by atoms with E-state index in [9.17, 15) is 14.7 Å². The van der Waals surface area contributed by atoms with Gasteiger partial charge in [-0.3, -0.25) is 20.4 Å². The highest BCUT2D eigenvalue weighted by molar-refractivity contribution is 8.00. The molecule has 2 aromatic rings. The summed E-state index contributed by atoms with van der Waals surface area (Å²) in [4.78, 5) is 24.3. The van der Waals surface area contributed by atoms with Gasteiger partial charge in [0.2, 0.25) is 5.91 Å². The second-order valence-electron chi connectivity index (χ2n) is 4.15. The summed E-state index contributed by atoms with van der Waals surface area (Å²) >= 11 is 1.38. The van der Waals surface area contributed by atoms with Crippen molar-refractivity contribution in [1.82, 2.24) is 10.9 Å². The van der Waals surface area contributed by atoms with Crippen molar-refractivity contribution in [1.29, 1.82) is 0 Å². The fraction of sp³-hybridized carbons (Fsp3) is 0.0667. The lowest BCUT2D eigenvalue weighted by atomic mass is 10.2. The van der Waals surface area contributed by atoms with Crippen molar-refractivity contribution in [2.24, 2.45) is 0 Å². The van der Waals surface area contributed by atoms with Crippen LogP contribution in [0.25, 0.3) is 0 Å². The van der Waals surface area contributed by atoms with Gasteiger partial charge in [-0.1, -0.05) is 24.3 Å². The van der Waals surface area contributed by atoms with Gasteiger partial charge in [0, 0.05) is 10.5 Å². The molecular formula is C15H14N2O3S. The monoisotopic (exact) mass is 302 g/mol. The molecule has 0 unspecified atom stereocenters. The van der Waals surface area contributed by atoms with Crippen LogP contribution in [0.1, 0.15) is 10.4 Å². The summed E-state index contributed by atoms with van der Waals surface area (Å²) in [5.74, 6) is -0.598. The lowest BCUT2D eigenvalue weighted by molar-refractivity contribution is -0.119. The molecule has 2 aromatic carbocycles. The molecule has 0 fully saturated rings. The number of rotatable bonds is 4. The molecular weight excluding hydrogens is 288 g/mol. The molecule has 21 heavy (non-hydrogen) atoms. The maximum absolute atomic E-state index is 11.7. The smallest absolute Gasteiger partial charge is 0.269 e. The number of aromatic hydroxyl groups is 1. The molecule has 5 nitrogen and oxygen atoms in total. The molecule has 0 saturated heterocycles. The van der Waals surface area contributed by atoms with Gasteiger partial charge in [-0.2, -0.15) is 0 Å². The van der Waals surface area contributed by atoms with Crippen molar-refractivity contribution >= 4 is 23.6 Å². The number of benzene rings is 2. The normalized spacial score (nSPS) is 9.90. The van der Waals surface area contributed by atoms with Crippen LogP contribution in [0.4, 0.5) is 0 Å². The minimum Gasteiger partial charge on any atom is -0.508 e. The van der Waals surface area contributed by atoms with Crippen molar-refractivity contribution in [3.05, 3.63) is 60.2 Å². The molecule has 3 N–H and O–H groups in total. The van der Waals surface area contributed by atoms with Crippen LogP contribution >= 0.6 is 11.8 Å². The summed E-state index contributed by atoms with van der Waals surface area (Å²) in [7, 11) is 0. The highest BCUT2D eigenvalue weighted by Crippen LogP contribution is 2.16. The Balaban J connectivity index is 1.77. The standard InChI is InChI=1S/C15H14N2O3S/c18-12-6-4-5-11(9-12)15(20)17-16-14(19)10-21-13-7-2-1-3-8-13/h1-9,18H,10H2,(H,16,19)(H,17,20). The third kappa shape index (κ3) is 4.85. The highest BCUT2D eigenvalue weighted by atomic mass is 32.2. The van der Waals surface area contributed by atoms with E-state index in [-0.39, 0.29) is 23.0 Å². The zero-order valence-corrected chi connectivity index (χ0v) is 11.9. The SMILES string of the molecule is O=C(CSc1ccccc1)NNC(=O)c1cccc(O)c1. The number of phenolic OH excluding ortho intramolecular Hbond substituents is 1. The minimum absolute atomic E-state index is 0.00592. The van der Waals surface area contributed by atoms with E-state index in [1.54, 1.807) is 12.1 Å². The van der Waals surface area contributed by atoms with Crippen molar-refractivity contribution < 1.29 is 14.7 Å². The van der Waals surface area contributed by atoms with Crippen molar-refractivity contribution in [2.75, 3.05) is 5.75 Å². The van der Waals surface area contributed by atoms with Gasteiger partial charge in [-0.25, -0.2) is 0 Å². The lowest BCUT2D eigenvalue weighted by Crippen LogP contribution is -2.42. The average molecular weight is 302 g/mol. The molecule has 0 atom stereocenters. The average Bonchev–Trinajstić information content (AvgIpc) is 2.51. The quantitative estimate of drug-likeness (QED) is 0.596. The Morgan fingerprint density at radius 1 is 1.00 bits per heavy atom. The summed E-state index contributed by atoms with van der Waals surface area (Å²) in [5, 5.41) is 9.28. The summed E-state index contributed by atoms with van der Waals surface area (Å²) in [6.07, 6.45) is 0. The molecule has 0 spiro atoms. The van der Waals surface area contributed by atoms with E-state index in [0.29, 0.717) is 0 Å². The first-order valence-corrected chi connectivity index (χ1v) is 7.20. The molecule has 2 rings (SSSR count). The predicted molar refractivity (Wildman–Crippen MR) is 80.9 cm³/mol. The molecule has 0 saturated carbocycles. The molecule has 0 heterocycles. The largest absolute Gasteiger partial charge is 0.508 e. The molecule has 0 radical (unpaired) electrons. The first-order valence-electron chi connectivity index (χ1n) is 6.21. The molecule has 0 aromatic heterocycles. The number of thioether (sulfide) groups is 1. The number of carbonyl (C=O) groups is 2. The van der Waals surface area contributed by atoms with Gasteiger partial charge in [0.15, 0.2) is 0 Å². The second-order valence-corrected chi connectivity index (χ2v) is 5.20. The molecule has 0 aliphatic carbocycles. The molecule has 2 amide bonds. The number of hydrogen-bond acceptors (Lipinski definition) is 4. The van der Waals surface area contributed by atoms with Gasteiger partial charge in [0.25, 0.3) is 5.91 Å². The van der Waals surface area contributed by atoms with Crippen LogP contribution in [0.3, 0.4) is 0 Å². The maximum Gasteiger partial charge on any atom is 0.269 e. The van der Waals surface area contributed by atoms with E-state index < -0.39 is 5.91 Å². The fourth-order valence-electron chi connectivity index (χ4n) is 1.55. The third-order valence-corrected chi connectivity index (χ3v) is 3.55. The van der Waals surface area contributed by atoms with Gasteiger partial charge < -0.3 is 5.11 Å². The van der Waals surface area contributed by atoms with E-state index in [0.717, 1.165) is 4.90 Å². The Hall–Kier alpha value is -2.47. The third-order valence-electron chi connectivity index (χ3n) is 2.54. The zero-order valence-electron chi connectivity index (χ0n) is 11.1. The van der Waals surface area contributed by atoms with E-state index in [2.05, 4.69) is 10.9 Å². The number of hydrogen-bond donors (Lipinski definition) is 3. The molecule has 6 heteroatoms. The Labute approximate surface area is 126 Å². The Kier molecular flexibility index (Phi) is 5.22. The predicted octanol–water partition coefficient (Wildman–Crippen LogP) is 1.95. The first-order chi connectivity index (χ1) is 10.1. The Morgan fingerprint density at radius 3 is 2.48 bits per heavy atom. The molecule has 0 aliphatic rings. The summed E-state index contributed by atoms with van der Waals surface area (Å²) in [6, 6.07) is 15.4. The number of hydrazine groups is 1. The number of carbonyl (C=O) groups excluding carboxylic acids is 2. The molecule has 0 aliphatic heterocycles. The van der Waals surface area contributed by atoms with E-state index in [1.165, 1.54) is 23.9 Å². The van der Waals surface area contributed by atoms with Crippen molar-refractivity contribution in [2.45, 2.75) is 4.90 Å². The zero-order chi connectivity index (χ0) is 15.1. The summed E-state index contributed by atoms with van der Waals surface area (Å²) < 4.78 is 0. The molecule has 108 valence electrons. The van der Waals surface area contributed by atoms with Gasteiger partial charge in [0.1, 0.15) is 5.75 Å². The second kappa shape index (κ2) is 7.35. The van der Waals surface area contributed by atoms with Crippen LogP contribution in [0.2, 0.25) is 0 Å². The Bertz CT molecular complexity index is 632. The van der Waals surface area contributed by atoms with Crippen molar-refractivity contribution in [3.8, 4) is 5.75 Å². The highest BCUT2D eigenvalue weighted by Gasteiger charge is 2.08. The van der Waals surface area contributed by atoms with Gasteiger partial charge >= 0.3 is 0 Å². The summed E-state index contributed by atoms with van der Waals surface area (Å²) in [5.41, 5.74) is 4.90. The lowest BCUT2D eigenvalue weighted by Gasteiger charge is -2.07. The molecule has 0 bridgehead atoms. The first kappa shape index (κ1) is 14.9. The van der Waals surface area contributed by atoms with Crippen molar-refractivity contribution in [3.63, 3.8) is 0 Å². The van der Waals surface area contributed by atoms with E-state index in [1.807, 2.05) is 30.3 Å². The van der Waals surface area contributed by atoms with Gasteiger partial charge in [-0.05, 0) is 30.3 Å². The van der Waals surface area contributed by atoms with Crippen LogP contribution in [-0.2, 0) is 4.79 Å². The van der Waals surface area contributed by atoms with Crippen LogP contribution in [0.15, 0.2) is 59.5 Å². The minimum atomic E-state index is -0.482. The topological polar surface area (TPSA) is 78.4 Å². The summed E-state index contributed by atoms with van der Waals surface area (Å²) in [6.45, 7) is 0. The van der Waals surface area contributed by atoms with E-state index in [4.69, 9.17) is 0 Å². The van der Waals surface area contributed by atoms with Gasteiger partial charge in [0.05, 0.1) is 5.75 Å². The number of amides is 2. The number of nitrogens with one attached hydrogen (secondary N) is 2. The van der Waals surface area contributed by atoms with E-state index >= 15 is 0 Å². The fourth-order valence-corrected chi connectivity index (χ4v) is 2.27. The van der Waals surface area contributed by atoms with Gasteiger partial charge in [-0.15, -0.1) is 11.8 Å².